The Morgan fingerprint density at radius 1 is 1.20 bits per heavy atom. The number of alkyl halides is 2. The third kappa shape index (κ3) is 2.88. The minimum absolute atomic E-state index is 0.256. The number of rotatable bonds is 1. The topological polar surface area (TPSA) is 23.5 Å². The lowest BCUT2D eigenvalue weighted by Gasteiger charge is -2.41. The van der Waals surface area contributed by atoms with Crippen LogP contribution in [-0.4, -0.2) is 39.7 Å². The second-order valence-corrected chi connectivity index (χ2v) is 6.03. The zero-order valence-corrected chi connectivity index (χ0v) is 10.1. The summed E-state index contributed by atoms with van der Waals surface area (Å²) in [5.41, 5.74) is -1.43. The van der Waals surface area contributed by atoms with Gasteiger partial charge in [0.15, 0.2) is 0 Å². The van der Waals surface area contributed by atoms with Gasteiger partial charge in [0.1, 0.15) is 0 Å². The fourth-order valence-electron chi connectivity index (χ4n) is 2.15. The molecule has 4 heteroatoms. The summed E-state index contributed by atoms with van der Waals surface area (Å²) in [5, 5.41) is 9.91. The maximum absolute atomic E-state index is 13.4. The second-order valence-electron chi connectivity index (χ2n) is 6.03. The molecule has 1 atom stereocenters. The molecule has 1 heterocycles. The molecule has 0 saturated carbocycles. The van der Waals surface area contributed by atoms with Crippen molar-refractivity contribution in [2.75, 3.05) is 6.54 Å². The monoisotopic (exact) mass is 221 g/mol. The predicted molar refractivity (Wildman–Crippen MR) is 56.1 cm³/mol. The summed E-state index contributed by atoms with van der Waals surface area (Å²) in [5.74, 6) is -2.68. The molecule has 2 nitrogen and oxygen atoms in total. The van der Waals surface area contributed by atoms with Gasteiger partial charge in [-0.05, 0) is 34.6 Å². The Hall–Kier alpha value is -0.220. The third-order valence-electron chi connectivity index (χ3n) is 2.95. The van der Waals surface area contributed by atoms with E-state index < -0.39 is 17.6 Å². The molecule has 90 valence electrons. The molecule has 0 radical (unpaired) electrons. The van der Waals surface area contributed by atoms with E-state index in [4.69, 9.17) is 0 Å². The summed E-state index contributed by atoms with van der Waals surface area (Å²) in [7, 11) is 0. The zero-order chi connectivity index (χ0) is 12.1. The highest BCUT2D eigenvalue weighted by Gasteiger charge is 2.52. The van der Waals surface area contributed by atoms with Crippen LogP contribution in [-0.2, 0) is 0 Å². The van der Waals surface area contributed by atoms with Crippen LogP contribution in [0.25, 0.3) is 0 Å². The van der Waals surface area contributed by atoms with E-state index in [2.05, 4.69) is 0 Å². The molecule has 1 N–H and O–H groups in total. The number of hydrogen-bond acceptors (Lipinski definition) is 2. The van der Waals surface area contributed by atoms with Crippen LogP contribution in [0.5, 0.6) is 0 Å². The van der Waals surface area contributed by atoms with E-state index in [1.165, 1.54) is 0 Å². The van der Waals surface area contributed by atoms with Crippen LogP contribution in [0.3, 0.4) is 0 Å². The smallest absolute Gasteiger partial charge is 0.262 e. The normalized spacial score (nSPS) is 28.4. The number of aliphatic hydroxyl groups is 1. The minimum atomic E-state index is -2.68. The van der Waals surface area contributed by atoms with Crippen molar-refractivity contribution in [2.24, 2.45) is 0 Å². The summed E-state index contributed by atoms with van der Waals surface area (Å²) >= 11 is 0. The molecule has 0 aliphatic carbocycles. The molecule has 1 aliphatic rings. The first kappa shape index (κ1) is 12.8. The van der Waals surface area contributed by atoms with Gasteiger partial charge < -0.3 is 5.11 Å². The van der Waals surface area contributed by atoms with Crippen LogP contribution in [0.4, 0.5) is 8.78 Å². The highest BCUT2D eigenvalue weighted by Crippen LogP contribution is 2.40. The Balaban J connectivity index is 2.95. The van der Waals surface area contributed by atoms with Crippen molar-refractivity contribution in [2.45, 2.75) is 64.1 Å². The van der Waals surface area contributed by atoms with E-state index in [9.17, 15) is 13.9 Å². The summed E-state index contributed by atoms with van der Waals surface area (Å²) in [4.78, 5) is 1.70. The SMILES string of the molecule is CC(C)(O)[C@H]1CC(F)(F)CN1C(C)(C)C. The minimum Gasteiger partial charge on any atom is -0.389 e. The van der Waals surface area contributed by atoms with Crippen molar-refractivity contribution >= 4 is 0 Å². The van der Waals surface area contributed by atoms with Crippen molar-refractivity contribution in [1.82, 2.24) is 4.90 Å². The average molecular weight is 221 g/mol. The maximum Gasteiger partial charge on any atom is 0.262 e. The Morgan fingerprint density at radius 2 is 1.67 bits per heavy atom. The van der Waals surface area contributed by atoms with Crippen molar-refractivity contribution in [3.05, 3.63) is 0 Å². The summed E-state index contributed by atoms with van der Waals surface area (Å²) in [6.45, 7) is 8.62. The quantitative estimate of drug-likeness (QED) is 0.734. The maximum atomic E-state index is 13.4. The van der Waals surface area contributed by atoms with Gasteiger partial charge in [0.05, 0.1) is 12.1 Å². The molecule has 0 aromatic carbocycles. The van der Waals surface area contributed by atoms with Gasteiger partial charge in [-0.2, -0.15) is 0 Å². The Bertz CT molecular complexity index is 216. The molecule has 1 rings (SSSR count). The van der Waals surface area contributed by atoms with Crippen molar-refractivity contribution in [1.29, 1.82) is 0 Å². The van der Waals surface area contributed by atoms with Crippen molar-refractivity contribution < 1.29 is 13.9 Å². The predicted octanol–water partition coefficient (Wildman–Crippen LogP) is 2.27. The molecular weight excluding hydrogens is 200 g/mol. The van der Waals surface area contributed by atoms with Crippen LogP contribution in [0, 0.1) is 0 Å². The van der Waals surface area contributed by atoms with E-state index >= 15 is 0 Å². The van der Waals surface area contributed by atoms with Crippen LogP contribution < -0.4 is 0 Å². The average Bonchev–Trinajstić information content (AvgIpc) is 2.23. The Kier molecular flexibility index (Phi) is 2.90. The molecule has 0 bridgehead atoms. The van der Waals surface area contributed by atoms with E-state index in [1.54, 1.807) is 18.7 Å². The molecule has 1 saturated heterocycles. The molecule has 0 unspecified atom stereocenters. The first-order valence-corrected chi connectivity index (χ1v) is 5.30. The van der Waals surface area contributed by atoms with Crippen molar-refractivity contribution in [3.63, 3.8) is 0 Å². The molecule has 0 amide bonds. The lowest BCUT2D eigenvalue weighted by molar-refractivity contribution is -0.0324. The highest BCUT2D eigenvalue weighted by atomic mass is 19.3. The Morgan fingerprint density at radius 3 is 1.93 bits per heavy atom. The van der Waals surface area contributed by atoms with E-state index in [1.807, 2.05) is 20.8 Å². The summed E-state index contributed by atoms with van der Waals surface area (Å²) < 4.78 is 26.7. The molecule has 1 aliphatic heterocycles. The highest BCUT2D eigenvalue weighted by molar-refractivity contribution is 5.02. The van der Waals surface area contributed by atoms with Crippen LogP contribution in [0.2, 0.25) is 0 Å². The van der Waals surface area contributed by atoms with Crippen LogP contribution >= 0.6 is 0 Å². The largest absolute Gasteiger partial charge is 0.389 e. The lowest BCUT2D eigenvalue weighted by atomic mass is 9.93. The van der Waals surface area contributed by atoms with Crippen LogP contribution in [0.1, 0.15) is 41.0 Å². The molecule has 15 heavy (non-hydrogen) atoms. The Labute approximate surface area is 90.3 Å². The standard InChI is InChI=1S/C11H21F2NO/c1-9(2,3)14-7-11(12,13)6-8(14)10(4,5)15/h8,15H,6-7H2,1-5H3/t8-/m1/s1. The van der Waals surface area contributed by atoms with E-state index in [-0.39, 0.29) is 18.5 Å². The van der Waals surface area contributed by atoms with E-state index in [0.717, 1.165) is 0 Å². The molecule has 0 aromatic rings. The van der Waals surface area contributed by atoms with Gasteiger partial charge in [-0.25, -0.2) is 8.78 Å². The van der Waals surface area contributed by atoms with Crippen LogP contribution in [0.15, 0.2) is 0 Å². The molecule has 1 fully saturated rings. The first-order valence-electron chi connectivity index (χ1n) is 5.30. The first-order chi connectivity index (χ1) is 6.43. The van der Waals surface area contributed by atoms with Gasteiger partial charge in [0, 0.05) is 18.0 Å². The van der Waals surface area contributed by atoms with Gasteiger partial charge in [-0.3, -0.25) is 4.90 Å². The van der Waals surface area contributed by atoms with Gasteiger partial charge in [-0.15, -0.1) is 0 Å². The molecule has 0 aromatic heterocycles. The fraction of sp³-hybridized carbons (Fsp3) is 1.00. The molecule has 0 spiro atoms. The van der Waals surface area contributed by atoms with Gasteiger partial charge in [0.2, 0.25) is 0 Å². The van der Waals surface area contributed by atoms with Gasteiger partial charge in [0.25, 0.3) is 5.92 Å². The lowest BCUT2D eigenvalue weighted by Crippen LogP contribution is -2.53. The summed E-state index contributed by atoms with van der Waals surface area (Å²) in [6, 6.07) is -0.479. The van der Waals surface area contributed by atoms with Crippen molar-refractivity contribution in [3.8, 4) is 0 Å². The zero-order valence-electron chi connectivity index (χ0n) is 10.1. The summed E-state index contributed by atoms with van der Waals surface area (Å²) in [6.07, 6.45) is -0.256. The second kappa shape index (κ2) is 3.39. The van der Waals surface area contributed by atoms with E-state index in [0.29, 0.717) is 0 Å². The number of likely N-dealkylation sites (tertiary alicyclic amines) is 1. The molecular formula is C11H21F2NO. The van der Waals surface area contributed by atoms with Gasteiger partial charge in [-0.1, -0.05) is 0 Å². The van der Waals surface area contributed by atoms with Gasteiger partial charge >= 0.3 is 0 Å². The fourth-order valence-corrected chi connectivity index (χ4v) is 2.15. The third-order valence-corrected chi connectivity index (χ3v) is 2.95. The number of nitrogens with zero attached hydrogens (tertiary/aromatic N) is 1. The number of hydrogen-bond donors (Lipinski definition) is 1. The number of halogens is 2.